The predicted octanol–water partition coefficient (Wildman–Crippen LogP) is 5.73. The number of benzene rings is 3. The summed E-state index contributed by atoms with van der Waals surface area (Å²) in [6, 6.07) is 14.9. The summed E-state index contributed by atoms with van der Waals surface area (Å²) < 4.78 is 16.6. The van der Waals surface area contributed by atoms with Gasteiger partial charge in [0.25, 0.3) is 11.8 Å². The minimum Gasteiger partial charge on any atom is -0.502 e. The molecule has 260 valence electrons. The fraction of sp³-hybridized carbons (Fsp3) is 0.351. The van der Waals surface area contributed by atoms with Crippen molar-refractivity contribution in [2.24, 2.45) is 23.7 Å². The topological polar surface area (TPSA) is 135 Å². The van der Waals surface area contributed by atoms with E-state index in [9.17, 15) is 19.5 Å². The molecular formula is C37H35Cl2N3O8. The van der Waals surface area contributed by atoms with Gasteiger partial charge in [-0.15, -0.1) is 0 Å². The molecular weight excluding hydrogens is 685 g/mol. The van der Waals surface area contributed by atoms with Crippen LogP contribution < -0.4 is 19.6 Å². The van der Waals surface area contributed by atoms with Gasteiger partial charge in [-0.2, -0.15) is 5.01 Å². The molecule has 6 unspecified atom stereocenters. The van der Waals surface area contributed by atoms with Crippen LogP contribution >= 0.6 is 23.2 Å². The Labute approximate surface area is 298 Å². The number of hydrogen-bond donors (Lipinski definition) is 2. The molecule has 2 N–H and O–H groups in total. The molecule has 4 aliphatic rings. The average molecular weight is 721 g/mol. The van der Waals surface area contributed by atoms with Crippen molar-refractivity contribution in [3.63, 3.8) is 0 Å². The Hall–Kier alpha value is -4.74. The molecule has 2 aliphatic heterocycles. The fourth-order valence-electron chi connectivity index (χ4n) is 8.68. The van der Waals surface area contributed by atoms with E-state index in [1.165, 1.54) is 32.3 Å². The summed E-state index contributed by atoms with van der Waals surface area (Å²) in [4.78, 5) is 58.9. The Morgan fingerprint density at radius 3 is 2.16 bits per heavy atom. The number of phenolic OH excluding ortho intramolecular Hbond substituents is 1. The number of fused-ring (bicyclic) bond motifs is 4. The average Bonchev–Trinajstić information content (AvgIpc) is 3.49. The summed E-state index contributed by atoms with van der Waals surface area (Å²) in [7, 11) is 4.35. The molecule has 0 spiro atoms. The molecule has 4 amide bonds. The van der Waals surface area contributed by atoms with Crippen LogP contribution in [0.25, 0.3) is 0 Å². The third-order valence-electron chi connectivity index (χ3n) is 10.8. The number of hydrazine groups is 1. The predicted molar refractivity (Wildman–Crippen MR) is 184 cm³/mol. The largest absolute Gasteiger partial charge is 0.502 e. The number of halogens is 2. The lowest BCUT2D eigenvalue weighted by Gasteiger charge is -2.50. The van der Waals surface area contributed by atoms with E-state index in [4.69, 9.17) is 37.4 Å². The van der Waals surface area contributed by atoms with Gasteiger partial charge >= 0.3 is 0 Å². The number of aromatic hydroxyl groups is 1. The van der Waals surface area contributed by atoms with Gasteiger partial charge in [-0.25, -0.2) is 0 Å². The first kappa shape index (κ1) is 33.7. The molecule has 3 fully saturated rings. The van der Waals surface area contributed by atoms with Gasteiger partial charge in [-0.3, -0.25) is 29.5 Å². The maximum Gasteiger partial charge on any atom is 0.260 e. The number of carbonyl (C=O) groups excluding carboxylic acids is 4. The number of ether oxygens (including phenoxy) is 3. The molecule has 0 radical (unpaired) electrons. The van der Waals surface area contributed by atoms with Crippen LogP contribution in [0.1, 0.15) is 36.8 Å². The maximum atomic E-state index is 15.4. The third-order valence-corrected chi connectivity index (χ3v) is 11.4. The highest BCUT2D eigenvalue weighted by atomic mass is 35.5. The number of allylic oxidation sites excluding steroid dienone is 2. The molecule has 0 aromatic heterocycles. The molecule has 13 heteroatoms. The van der Waals surface area contributed by atoms with Crippen molar-refractivity contribution in [3.05, 3.63) is 87.4 Å². The quantitative estimate of drug-likeness (QED) is 0.221. The number of anilines is 1. The van der Waals surface area contributed by atoms with Gasteiger partial charge in [-0.05, 0) is 79.3 Å². The number of rotatable bonds is 8. The lowest BCUT2D eigenvalue weighted by Crippen LogP contribution is -2.53. The summed E-state index contributed by atoms with van der Waals surface area (Å²) in [6.45, 7) is 2.00. The Bertz CT molecular complexity index is 1940. The van der Waals surface area contributed by atoms with Crippen LogP contribution in [-0.4, -0.2) is 66.5 Å². The van der Waals surface area contributed by atoms with Crippen LogP contribution in [0.2, 0.25) is 10.0 Å². The monoisotopic (exact) mass is 719 g/mol. The molecule has 50 heavy (non-hydrogen) atoms. The van der Waals surface area contributed by atoms with Gasteiger partial charge in [0, 0.05) is 17.5 Å². The van der Waals surface area contributed by atoms with Crippen molar-refractivity contribution in [3.8, 4) is 23.0 Å². The summed E-state index contributed by atoms with van der Waals surface area (Å²) in [5.41, 5.74) is 3.49. The Balaban J connectivity index is 1.50. The number of methoxy groups -OCH3 is 3. The lowest BCUT2D eigenvalue weighted by atomic mass is 9.49. The van der Waals surface area contributed by atoms with Crippen LogP contribution in [0.15, 0.2) is 66.2 Å². The number of amides is 4. The van der Waals surface area contributed by atoms with E-state index in [1.807, 2.05) is 6.08 Å². The highest BCUT2D eigenvalue weighted by Crippen LogP contribution is 2.65. The van der Waals surface area contributed by atoms with Gasteiger partial charge in [-0.1, -0.05) is 47.0 Å². The summed E-state index contributed by atoms with van der Waals surface area (Å²) in [5, 5.41) is 12.5. The molecule has 3 aromatic carbocycles. The molecule has 2 aliphatic carbocycles. The first-order chi connectivity index (χ1) is 24.0. The summed E-state index contributed by atoms with van der Waals surface area (Å²) >= 11 is 12.7. The van der Waals surface area contributed by atoms with Gasteiger partial charge in [0.1, 0.15) is 5.75 Å². The number of hydrogen-bond acceptors (Lipinski definition) is 9. The van der Waals surface area contributed by atoms with E-state index in [2.05, 4.69) is 5.43 Å². The zero-order valence-electron chi connectivity index (χ0n) is 27.7. The van der Waals surface area contributed by atoms with E-state index >= 15 is 4.79 Å². The van der Waals surface area contributed by atoms with E-state index < -0.39 is 46.8 Å². The van der Waals surface area contributed by atoms with Crippen LogP contribution in [0, 0.1) is 23.7 Å². The molecule has 2 saturated heterocycles. The second-order valence-corrected chi connectivity index (χ2v) is 13.8. The highest BCUT2D eigenvalue weighted by molar-refractivity contribution is 6.36. The van der Waals surface area contributed by atoms with Crippen molar-refractivity contribution >= 4 is 52.5 Å². The Morgan fingerprint density at radius 2 is 1.56 bits per heavy atom. The van der Waals surface area contributed by atoms with Crippen molar-refractivity contribution in [1.29, 1.82) is 0 Å². The second-order valence-electron chi connectivity index (χ2n) is 12.9. The smallest absolute Gasteiger partial charge is 0.260 e. The number of nitrogens with zero attached hydrogens (tertiary/aromatic N) is 2. The summed E-state index contributed by atoms with van der Waals surface area (Å²) in [6.07, 6.45) is 2.36. The Kier molecular flexibility index (Phi) is 8.47. The molecule has 0 bridgehead atoms. The van der Waals surface area contributed by atoms with Crippen molar-refractivity contribution in [2.45, 2.75) is 31.1 Å². The van der Waals surface area contributed by atoms with Crippen molar-refractivity contribution in [1.82, 2.24) is 9.91 Å². The van der Waals surface area contributed by atoms with Crippen LogP contribution in [0.4, 0.5) is 5.69 Å². The zero-order valence-corrected chi connectivity index (χ0v) is 29.2. The normalized spacial score (nSPS) is 27.1. The van der Waals surface area contributed by atoms with E-state index in [0.717, 1.165) is 10.6 Å². The van der Waals surface area contributed by atoms with E-state index in [0.29, 0.717) is 21.9 Å². The van der Waals surface area contributed by atoms with E-state index in [1.54, 1.807) is 55.5 Å². The molecule has 1 saturated carbocycles. The molecule has 7 rings (SSSR count). The third kappa shape index (κ3) is 4.77. The van der Waals surface area contributed by atoms with Gasteiger partial charge in [0.2, 0.25) is 17.6 Å². The minimum atomic E-state index is -1.58. The zero-order chi connectivity index (χ0) is 35.6. The van der Waals surface area contributed by atoms with Crippen LogP contribution in [-0.2, 0) is 24.6 Å². The molecule has 3 aromatic rings. The number of carbonyl (C=O) groups is 4. The first-order valence-corrected chi connectivity index (χ1v) is 17.0. The number of nitrogens with one attached hydrogen (secondary N) is 1. The van der Waals surface area contributed by atoms with Gasteiger partial charge in [0.05, 0.1) is 55.2 Å². The minimum absolute atomic E-state index is 0.0983. The van der Waals surface area contributed by atoms with Crippen molar-refractivity contribution in [2.75, 3.05) is 33.3 Å². The lowest BCUT2D eigenvalue weighted by molar-refractivity contribution is -0.141. The summed E-state index contributed by atoms with van der Waals surface area (Å²) in [5.74, 6) is -4.79. The molecule has 6 atom stereocenters. The van der Waals surface area contributed by atoms with E-state index in [-0.39, 0.29) is 59.2 Å². The Morgan fingerprint density at radius 1 is 0.880 bits per heavy atom. The standard InChI is InChI=1S/C37H35Cl2N3O8/c1-5-41-33(44)23-12-11-22-24(30(23)35(41)46)17-25-34(45)42(40-27-13-8-20(38)16-26(27)39)36(47)37(25,19-6-9-21(48-2)10-7-19)31(22)18-14-28(49-3)32(43)29(15-18)50-4/h6-11,13-16,23-25,30-31,40,43H,5,12,17H2,1-4H3. The molecule has 2 heterocycles. The van der Waals surface area contributed by atoms with Crippen molar-refractivity contribution < 1.29 is 38.5 Å². The fourth-order valence-corrected chi connectivity index (χ4v) is 9.13. The second kappa shape index (κ2) is 12.5. The van der Waals surface area contributed by atoms with Gasteiger partial charge in [0.15, 0.2) is 11.5 Å². The first-order valence-electron chi connectivity index (χ1n) is 16.3. The van der Waals surface area contributed by atoms with Crippen LogP contribution in [0.5, 0.6) is 23.0 Å². The number of imide groups is 2. The molecule has 11 nitrogen and oxygen atoms in total. The number of phenols is 1. The maximum absolute atomic E-state index is 15.4. The highest BCUT2D eigenvalue weighted by Gasteiger charge is 2.70. The van der Waals surface area contributed by atoms with Gasteiger partial charge < -0.3 is 19.3 Å². The van der Waals surface area contributed by atoms with Crippen LogP contribution in [0.3, 0.4) is 0 Å². The SMILES string of the molecule is CCN1C(=O)C2CC=C3C(CC4C(=O)N(Nc5ccc(Cl)cc5Cl)C(=O)C4(c4ccc(OC)cc4)C3c3cc(OC)c(O)c(OC)c3)C2C1=O. The number of likely N-dealkylation sites (tertiary alicyclic amines) is 1.